The number of benzene rings is 1. The van der Waals surface area contributed by atoms with E-state index < -0.39 is 9.84 Å². The van der Waals surface area contributed by atoms with Crippen LogP contribution < -0.4 is 5.32 Å². The predicted molar refractivity (Wildman–Crippen MR) is 90.8 cm³/mol. The van der Waals surface area contributed by atoms with Gasteiger partial charge in [-0.15, -0.1) is 11.3 Å². The molecule has 0 aliphatic heterocycles. The Labute approximate surface area is 137 Å². The van der Waals surface area contributed by atoms with Crippen molar-refractivity contribution < 1.29 is 13.2 Å². The topological polar surface area (TPSA) is 81.1 Å². The van der Waals surface area contributed by atoms with Gasteiger partial charge in [0.2, 0.25) is 0 Å². The maximum atomic E-state index is 12.3. The molecule has 1 amide bonds. The molecule has 8 heteroatoms. The maximum absolute atomic E-state index is 12.3. The third-order valence-electron chi connectivity index (χ3n) is 3.46. The number of hydrogen-bond donors (Lipinski definition) is 1. The molecule has 23 heavy (non-hydrogen) atoms. The normalized spacial score (nSPS) is 11.8. The summed E-state index contributed by atoms with van der Waals surface area (Å²) in [6, 6.07) is 7.93. The number of thiophene rings is 1. The molecule has 2 heterocycles. The Bertz CT molecular complexity index is 964. The summed E-state index contributed by atoms with van der Waals surface area (Å²) in [6.45, 7) is 1.90. The second kappa shape index (κ2) is 5.47. The number of fused-ring (bicyclic) bond motifs is 1. The largest absolute Gasteiger partial charge is 0.321 e. The summed E-state index contributed by atoms with van der Waals surface area (Å²) >= 11 is 1.37. The number of carbonyl (C=O) groups excluding carboxylic acids is 1. The smallest absolute Gasteiger partial charge is 0.265 e. The molecule has 2 aromatic heterocycles. The number of sulfone groups is 1. The molecule has 120 valence electrons. The fraction of sp³-hybridized carbons (Fsp3) is 0.200. The molecule has 1 N–H and O–H groups in total. The van der Waals surface area contributed by atoms with Crippen LogP contribution in [0.3, 0.4) is 0 Å². The van der Waals surface area contributed by atoms with E-state index in [1.54, 1.807) is 16.8 Å². The zero-order chi connectivity index (χ0) is 16.8. The highest BCUT2D eigenvalue weighted by molar-refractivity contribution is 7.90. The van der Waals surface area contributed by atoms with Gasteiger partial charge in [-0.3, -0.25) is 9.48 Å². The Kier molecular flexibility index (Phi) is 3.73. The van der Waals surface area contributed by atoms with Gasteiger partial charge in [-0.2, -0.15) is 5.10 Å². The lowest BCUT2D eigenvalue weighted by molar-refractivity contribution is 0.103. The van der Waals surface area contributed by atoms with Crippen molar-refractivity contribution in [1.29, 1.82) is 0 Å². The lowest BCUT2D eigenvalue weighted by atomic mass is 10.3. The summed E-state index contributed by atoms with van der Waals surface area (Å²) in [4.78, 5) is 14.1. The van der Waals surface area contributed by atoms with Gasteiger partial charge in [0.1, 0.15) is 4.83 Å². The van der Waals surface area contributed by atoms with E-state index in [4.69, 9.17) is 0 Å². The highest BCUT2D eigenvalue weighted by Gasteiger charge is 2.15. The molecule has 0 saturated heterocycles. The molecule has 0 spiro atoms. The molecule has 0 fully saturated rings. The molecule has 0 atom stereocenters. The summed E-state index contributed by atoms with van der Waals surface area (Å²) in [5.41, 5.74) is 1.44. The number of nitrogens with one attached hydrogen (secondary N) is 1. The van der Waals surface area contributed by atoms with Crippen molar-refractivity contribution in [3.63, 3.8) is 0 Å². The first-order valence-corrected chi connectivity index (χ1v) is 9.51. The molecular formula is C15H15N3O3S2. The first-order valence-electron chi connectivity index (χ1n) is 6.80. The van der Waals surface area contributed by atoms with Crippen LogP contribution in [0.2, 0.25) is 0 Å². The average molecular weight is 349 g/mol. The van der Waals surface area contributed by atoms with E-state index in [9.17, 15) is 13.2 Å². The van der Waals surface area contributed by atoms with Crippen LogP contribution in [0.5, 0.6) is 0 Å². The number of aromatic nitrogens is 2. The average Bonchev–Trinajstić information content (AvgIpc) is 3.01. The predicted octanol–water partition coefficient (Wildman–Crippen LogP) is 2.60. The monoisotopic (exact) mass is 349 g/mol. The first kappa shape index (κ1) is 15.7. The van der Waals surface area contributed by atoms with Crippen LogP contribution >= 0.6 is 11.3 Å². The van der Waals surface area contributed by atoms with Gasteiger partial charge >= 0.3 is 0 Å². The number of nitrogens with zero attached hydrogens (tertiary/aromatic N) is 2. The molecular weight excluding hydrogens is 334 g/mol. The highest BCUT2D eigenvalue weighted by atomic mass is 32.2. The summed E-state index contributed by atoms with van der Waals surface area (Å²) < 4.78 is 24.6. The third-order valence-corrected chi connectivity index (χ3v) is 5.79. The lowest BCUT2D eigenvalue weighted by Gasteiger charge is -2.04. The summed E-state index contributed by atoms with van der Waals surface area (Å²) in [7, 11) is -1.40. The van der Waals surface area contributed by atoms with E-state index in [-0.39, 0.29) is 10.8 Å². The minimum atomic E-state index is -3.24. The van der Waals surface area contributed by atoms with Crippen LogP contribution in [0.25, 0.3) is 10.2 Å². The molecule has 3 aromatic rings. The SMILES string of the molecule is Cc1nn(C)c2sc(C(=O)Nc3ccc(S(C)(=O)=O)cc3)cc12. The van der Waals surface area contributed by atoms with E-state index in [0.717, 1.165) is 22.2 Å². The number of hydrogen-bond acceptors (Lipinski definition) is 5. The van der Waals surface area contributed by atoms with E-state index in [2.05, 4.69) is 10.4 Å². The maximum Gasteiger partial charge on any atom is 0.265 e. The third kappa shape index (κ3) is 2.99. The summed E-state index contributed by atoms with van der Waals surface area (Å²) in [5, 5.41) is 8.05. The number of anilines is 1. The van der Waals surface area contributed by atoms with Crippen molar-refractivity contribution in [3.05, 3.63) is 40.9 Å². The molecule has 3 rings (SSSR count). The molecule has 6 nitrogen and oxygen atoms in total. The molecule has 0 aliphatic carbocycles. The Morgan fingerprint density at radius 1 is 1.26 bits per heavy atom. The van der Waals surface area contributed by atoms with Gasteiger partial charge in [-0.1, -0.05) is 0 Å². The van der Waals surface area contributed by atoms with Crippen LogP contribution in [0.1, 0.15) is 15.4 Å². The standard InChI is InChI=1S/C15H15N3O3S2/c1-9-12-8-13(22-15(12)18(2)17-9)14(19)16-10-4-6-11(7-5-10)23(3,20)21/h4-8H,1-3H3,(H,16,19). The number of amides is 1. The second-order valence-electron chi connectivity index (χ2n) is 5.29. The van der Waals surface area contributed by atoms with Crippen LogP contribution in [-0.4, -0.2) is 30.4 Å². The summed E-state index contributed by atoms with van der Waals surface area (Å²) in [6.07, 6.45) is 1.15. The minimum absolute atomic E-state index is 0.221. The molecule has 0 radical (unpaired) electrons. The highest BCUT2D eigenvalue weighted by Crippen LogP contribution is 2.28. The Morgan fingerprint density at radius 3 is 2.48 bits per heavy atom. The van der Waals surface area contributed by atoms with Crippen LogP contribution in [0.15, 0.2) is 35.2 Å². The van der Waals surface area contributed by atoms with Gasteiger partial charge in [-0.25, -0.2) is 8.42 Å². The van der Waals surface area contributed by atoms with Gasteiger partial charge in [0.25, 0.3) is 5.91 Å². The van der Waals surface area contributed by atoms with Gasteiger partial charge in [0, 0.05) is 24.4 Å². The van der Waals surface area contributed by atoms with Gasteiger partial charge < -0.3 is 5.32 Å². The van der Waals surface area contributed by atoms with Crippen molar-refractivity contribution >= 4 is 43.0 Å². The molecule has 1 aromatic carbocycles. The van der Waals surface area contributed by atoms with Crippen molar-refractivity contribution in [2.75, 3.05) is 11.6 Å². The van der Waals surface area contributed by atoms with E-state index >= 15 is 0 Å². The molecule has 0 bridgehead atoms. The fourth-order valence-corrected chi connectivity index (χ4v) is 3.94. The Morgan fingerprint density at radius 2 is 1.91 bits per heavy atom. The van der Waals surface area contributed by atoms with Crippen LogP contribution in [0.4, 0.5) is 5.69 Å². The Hall–Kier alpha value is -2.19. The van der Waals surface area contributed by atoms with Gasteiger partial charge in [0.05, 0.1) is 15.5 Å². The molecule has 0 unspecified atom stereocenters. The van der Waals surface area contributed by atoms with E-state index in [1.165, 1.54) is 23.5 Å². The van der Waals surface area contributed by atoms with E-state index in [1.807, 2.05) is 20.0 Å². The van der Waals surface area contributed by atoms with Gasteiger partial charge in [0.15, 0.2) is 9.84 Å². The molecule has 0 saturated carbocycles. The number of carbonyl (C=O) groups is 1. The van der Waals surface area contributed by atoms with E-state index in [0.29, 0.717) is 10.6 Å². The lowest BCUT2D eigenvalue weighted by Crippen LogP contribution is -2.10. The van der Waals surface area contributed by atoms with Crippen molar-refractivity contribution in [2.45, 2.75) is 11.8 Å². The van der Waals surface area contributed by atoms with Crippen molar-refractivity contribution in [3.8, 4) is 0 Å². The summed E-state index contributed by atoms with van der Waals surface area (Å²) in [5.74, 6) is -0.224. The number of aryl methyl sites for hydroxylation is 2. The number of rotatable bonds is 3. The quantitative estimate of drug-likeness (QED) is 0.788. The fourth-order valence-electron chi connectivity index (χ4n) is 2.30. The first-order chi connectivity index (χ1) is 10.8. The zero-order valence-electron chi connectivity index (χ0n) is 12.8. The zero-order valence-corrected chi connectivity index (χ0v) is 14.5. The van der Waals surface area contributed by atoms with Crippen molar-refractivity contribution in [1.82, 2.24) is 9.78 Å². The Balaban J connectivity index is 1.84. The van der Waals surface area contributed by atoms with Gasteiger partial charge in [-0.05, 0) is 37.3 Å². The van der Waals surface area contributed by atoms with Crippen LogP contribution in [-0.2, 0) is 16.9 Å². The van der Waals surface area contributed by atoms with Crippen LogP contribution in [0, 0.1) is 6.92 Å². The molecule has 0 aliphatic rings. The van der Waals surface area contributed by atoms with Crippen molar-refractivity contribution in [2.24, 2.45) is 7.05 Å². The minimum Gasteiger partial charge on any atom is -0.321 e. The second-order valence-corrected chi connectivity index (χ2v) is 8.34.